The van der Waals surface area contributed by atoms with Crippen molar-refractivity contribution in [3.63, 3.8) is 0 Å². The zero-order valence-corrected chi connectivity index (χ0v) is 12.3. The molecule has 0 amide bonds. The Labute approximate surface area is 124 Å². The van der Waals surface area contributed by atoms with Gasteiger partial charge in [-0.15, -0.1) is 5.10 Å². The molecule has 0 saturated heterocycles. The Bertz CT molecular complexity index is 713. The lowest BCUT2D eigenvalue weighted by atomic mass is 10.1. The number of nitro groups is 1. The number of rotatable bonds is 5. The van der Waals surface area contributed by atoms with E-state index in [1.165, 1.54) is 21.3 Å². The van der Waals surface area contributed by atoms with Crippen molar-refractivity contribution in [2.75, 3.05) is 21.3 Å². The zero-order valence-electron chi connectivity index (χ0n) is 11.4. The Balaban J connectivity index is 2.71. The minimum absolute atomic E-state index is 0.0317. The molecule has 9 nitrogen and oxygen atoms in total. The van der Waals surface area contributed by atoms with Gasteiger partial charge in [0.15, 0.2) is 16.5 Å². The Kier molecular flexibility index (Phi) is 4.08. The summed E-state index contributed by atoms with van der Waals surface area (Å²) >= 11 is 4.84. The molecule has 2 rings (SSSR count). The third kappa shape index (κ3) is 2.52. The summed E-state index contributed by atoms with van der Waals surface area (Å²) in [7, 11) is 4.37. The largest absolute Gasteiger partial charge is 0.493 e. The van der Waals surface area contributed by atoms with Crippen molar-refractivity contribution in [2.24, 2.45) is 0 Å². The van der Waals surface area contributed by atoms with E-state index in [4.69, 9.17) is 26.4 Å². The number of benzene rings is 1. The average Bonchev–Trinajstić information content (AvgIpc) is 2.87. The number of aromatic amines is 1. The molecule has 1 N–H and O–H groups in total. The number of aromatic nitrogens is 3. The minimum atomic E-state index is -0.662. The second-order valence-corrected chi connectivity index (χ2v) is 4.20. The lowest BCUT2D eigenvalue weighted by molar-refractivity contribution is -0.541. The first-order chi connectivity index (χ1) is 10.0. The number of nitrogens with one attached hydrogen (secondary N) is 1. The maximum Gasteiger partial charge on any atom is 0.261 e. The van der Waals surface area contributed by atoms with Gasteiger partial charge in [-0.25, -0.2) is 15.2 Å². The molecule has 0 spiro atoms. The van der Waals surface area contributed by atoms with Gasteiger partial charge in [0.2, 0.25) is 11.6 Å². The molecule has 1 heterocycles. The van der Waals surface area contributed by atoms with E-state index >= 15 is 0 Å². The van der Waals surface area contributed by atoms with Crippen LogP contribution in [0, 0.1) is 14.9 Å². The molecule has 0 aliphatic rings. The van der Waals surface area contributed by atoms with Crippen molar-refractivity contribution in [1.82, 2.24) is 14.9 Å². The molecule has 112 valence electrons. The molecule has 0 atom stereocenters. The normalized spacial score (nSPS) is 10.2. The van der Waals surface area contributed by atoms with Crippen LogP contribution in [0.4, 0.5) is 0 Å². The van der Waals surface area contributed by atoms with Crippen LogP contribution < -0.4 is 14.2 Å². The van der Waals surface area contributed by atoms with Gasteiger partial charge < -0.3 is 14.2 Å². The van der Waals surface area contributed by atoms with Crippen molar-refractivity contribution in [3.8, 4) is 28.6 Å². The second kappa shape index (κ2) is 5.79. The molecule has 0 unspecified atom stereocenters. The Hall–Kier alpha value is -2.62. The van der Waals surface area contributed by atoms with Gasteiger partial charge in [-0.05, 0) is 29.0 Å². The molecule has 0 saturated carbocycles. The quantitative estimate of drug-likeness (QED) is 0.508. The van der Waals surface area contributed by atoms with Gasteiger partial charge in [0, 0.05) is 5.56 Å². The smallest absolute Gasteiger partial charge is 0.261 e. The van der Waals surface area contributed by atoms with Gasteiger partial charge in [0.1, 0.15) is 0 Å². The summed E-state index contributed by atoms with van der Waals surface area (Å²) in [5.41, 5.74) is 0.397. The van der Waals surface area contributed by atoms with Crippen molar-refractivity contribution >= 4 is 12.2 Å². The third-order valence-corrected chi connectivity index (χ3v) is 3.00. The van der Waals surface area contributed by atoms with Crippen LogP contribution in [-0.4, -0.2) is 41.2 Å². The molecule has 0 radical (unpaired) electrons. The van der Waals surface area contributed by atoms with Gasteiger partial charge >= 0.3 is 0 Å². The summed E-state index contributed by atoms with van der Waals surface area (Å²) in [6, 6.07) is 3.10. The van der Waals surface area contributed by atoms with Crippen LogP contribution in [0.1, 0.15) is 0 Å². The maximum absolute atomic E-state index is 11.1. The summed E-state index contributed by atoms with van der Waals surface area (Å²) in [5.74, 6) is 1.13. The van der Waals surface area contributed by atoms with E-state index in [9.17, 15) is 10.1 Å². The standard InChI is InChI=1S/C11H12N4O5S/c1-18-7-4-6(5-8(19-2)9(7)20-3)10-12-13-11(21)14(10)15(16)17/h4-5H,1-3H3,(H,13,21). The molecule has 1 aromatic heterocycles. The van der Waals surface area contributed by atoms with Crippen LogP contribution in [0.25, 0.3) is 11.4 Å². The highest BCUT2D eigenvalue weighted by atomic mass is 32.1. The van der Waals surface area contributed by atoms with Crippen LogP contribution in [0.15, 0.2) is 12.1 Å². The lowest BCUT2D eigenvalue weighted by Gasteiger charge is -2.13. The van der Waals surface area contributed by atoms with E-state index in [-0.39, 0.29) is 10.6 Å². The van der Waals surface area contributed by atoms with E-state index < -0.39 is 5.03 Å². The van der Waals surface area contributed by atoms with Gasteiger partial charge in [-0.3, -0.25) is 0 Å². The number of hydrogen-bond donors (Lipinski definition) is 1. The maximum atomic E-state index is 11.1. The molecule has 0 aliphatic carbocycles. The first-order valence-electron chi connectivity index (χ1n) is 5.66. The van der Waals surface area contributed by atoms with Crippen molar-refractivity contribution in [2.45, 2.75) is 0 Å². The van der Waals surface area contributed by atoms with Gasteiger partial charge in [0.25, 0.3) is 4.77 Å². The first-order valence-corrected chi connectivity index (χ1v) is 6.06. The predicted molar refractivity (Wildman–Crippen MR) is 74.9 cm³/mol. The third-order valence-electron chi connectivity index (χ3n) is 2.74. The molecule has 0 bridgehead atoms. The fourth-order valence-corrected chi connectivity index (χ4v) is 2.04. The summed E-state index contributed by atoms with van der Waals surface area (Å²) < 4.78 is 16.1. The van der Waals surface area contributed by atoms with Gasteiger partial charge in [0.05, 0.1) is 21.3 Å². The molecule has 0 aliphatic heterocycles. The molecular formula is C11H12N4O5S. The topological polar surface area (TPSA) is 104 Å². The average molecular weight is 312 g/mol. The number of hydrogen-bond acceptors (Lipinski definition) is 7. The van der Waals surface area contributed by atoms with Crippen LogP contribution in [0.3, 0.4) is 0 Å². The highest BCUT2D eigenvalue weighted by molar-refractivity contribution is 7.71. The summed E-state index contributed by atoms with van der Waals surface area (Å²) in [6.45, 7) is 0. The predicted octanol–water partition coefficient (Wildman–Crippen LogP) is 1.67. The summed E-state index contributed by atoms with van der Waals surface area (Å²) in [6.07, 6.45) is 0. The molecule has 10 heteroatoms. The number of H-pyrrole nitrogens is 1. The van der Waals surface area contributed by atoms with E-state index in [0.717, 1.165) is 0 Å². The monoisotopic (exact) mass is 312 g/mol. The fraction of sp³-hybridized carbons (Fsp3) is 0.273. The van der Waals surface area contributed by atoms with Crippen molar-refractivity contribution < 1.29 is 19.2 Å². The number of methoxy groups -OCH3 is 3. The van der Waals surface area contributed by atoms with Crippen LogP contribution in [-0.2, 0) is 0 Å². The van der Waals surface area contributed by atoms with Gasteiger partial charge in [-0.2, -0.15) is 0 Å². The van der Waals surface area contributed by atoms with E-state index in [1.54, 1.807) is 12.1 Å². The van der Waals surface area contributed by atoms with E-state index in [2.05, 4.69) is 10.2 Å². The molecule has 0 fully saturated rings. The zero-order chi connectivity index (χ0) is 15.6. The van der Waals surface area contributed by atoms with E-state index in [1.807, 2.05) is 0 Å². The minimum Gasteiger partial charge on any atom is -0.493 e. The Morgan fingerprint density at radius 3 is 2.24 bits per heavy atom. The molecule has 1 aromatic carbocycles. The Morgan fingerprint density at radius 1 is 1.24 bits per heavy atom. The molecule has 2 aromatic rings. The lowest BCUT2D eigenvalue weighted by Crippen LogP contribution is -2.10. The first kappa shape index (κ1) is 14.8. The molecular weight excluding hydrogens is 300 g/mol. The highest BCUT2D eigenvalue weighted by Crippen LogP contribution is 2.40. The number of nitrogens with zero attached hydrogens (tertiary/aromatic N) is 3. The van der Waals surface area contributed by atoms with E-state index in [0.29, 0.717) is 27.5 Å². The fourth-order valence-electron chi connectivity index (χ4n) is 1.84. The van der Waals surface area contributed by atoms with Crippen molar-refractivity contribution in [3.05, 3.63) is 27.0 Å². The SMILES string of the molecule is COc1cc(-c2n[nH]c(=S)n2[N+](=O)[O-])cc(OC)c1OC. The van der Waals surface area contributed by atoms with Crippen molar-refractivity contribution in [1.29, 1.82) is 0 Å². The number of ether oxygens (including phenoxy) is 3. The van der Waals surface area contributed by atoms with Crippen LogP contribution in [0.5, 0.6) is 17.2 Å². The molecule has 21 heavy (non-hydrogen) atoms. The van der Waals surface area contributed by atoms with Gasteiger partial charge in [-0.1, -0.05) is 0 Å². The van der Waals surface area contributed by atoms with Crippen LogP contribution >= 0.6 is 12.2 Å². The van der Waals surface area contributed by atoms with Crippen LogP contribution in [0.2, 0.25) is 0 Å². The summed E-state index contributed by atoms with van der Waals surface area (Å²) in [5, 5.41) is 16.6. The summed E-state index contributed by atoms with van der Waals surface area (Å²) in [4.78, 5) is 11.1. The highest BCUT2D eigenvalue weighted by Gasteiger charge is 2.21. The second-order valence-electron chi connectivity index (χ2n) is 3.82. The Morgan fingerprint density at radius 2 is 1.81 bits per heavy atom.